The van der Waals surface area contributed by atoms with E-state index in [4.69, 9.17) is 0 Å². The van der Waals surface area contributed by atoms with E-state index in [2.05, 4.69) is 52.3 Å². The van der Waals surface area contributed by atoms with Crippen LogP contribution in [0.5, 0.6) is 0 Å². The summed E-state index contributed by atoms with van der Waals surface area (Å²) in [6.07, 6.45) is 0. The van der Waals surface area contributed by atoms with Crippen LogP contribution in [0, 0.1) is 0 Å². The Balaban J connectivity index is 2.19. The van der Waals surface area contributed by atoms with Gasteiger partial charge in [0.15, 0.2) is 0 Å². The zero-order valence-electron chi connectivity index (χ0n) is 7.57. The Morgan fingerprint density at radius 3 is 2.00 bits per heavy atom. The highest BCUT2D eigenvalue weighted by Gasteiger charge is 2.55. The molecule has 2 aliphatic rings. The van der Waals surface area contributed by atoms with E-state index in [1.807, 2.05) is 0 Å². The van der Waals surface area contributed by atoms with Crippen LogP contribution in [0.4, 0.5) is 0 Å². The van der Waals surface area contributed by atoms with Crippen LogP contribution in [0.15, 0.2) is 36.4 Å². The van der Waals surface area contributed by atoms with Gasteiger partial charge in [-0.05, 0) is 21.9 Å². The van der Waals surface area contributed by atoms with Crippen LogP contribution in [0.3, 0.4) is 0 Å². The zero-order valence-corrected chi connectivity index (χ0v) is 9.16. The van der Waals surface area contributed by atoms with Crippen molar-refractivity contribution in [3.05, 3.63) is 47.5 Å². The van der Waals surface area contributed by atoms with Crippen molar-refractivity contribution in [3.8, 4) is 0 Å². The summed E-state index contributed by atoms with van der Waals surface area (Å²) in [5, 5.41) is 2.94. The van der Waals surface area contributed by atoms with Crippen molar-refractivity contribution >= 4 is 26.7 Å². The molecule has 0 bridgehead atoms. The monoisotopic (exact) mass is 244 g/mol. The highest BCUT2D eigenvalue weighted by molar-refractivity contribution is 9.09. The molecule has 0 radical (unpaired) electrons. The fourth-order valence-corrected chi connectivity index (χ4v) is 4.01. The molecule has 0 spiro atoms. The van der Waals surface area contributed by atoms with Gasteiger partial charge in [0.05, 0.1) is 0 Å². The van der Waals surface area contributed by atoms with E-state index in [0.29, 0.717) is 4.83 Å². The third-order valence-electron chi connectivity index (χ3n) is 3.62. The average Bonchev–Trinajstić information content (AvgIpc) is 2.74. The van der Waals surface area contributed by atoms with Crippen LogP contribution in [-0.2, 0) is 0 Å². The zero-order chi connectivity index (χ0) is 9.28. The summed E-state index contributed by atoms with van der Waals surface area (Å²) < 4.78 is 0. The summed E-state index contributed by atoms with van der Waals surface area (Å²) in [6, 6.07) is 13.4. The van der Waals surface area contributed by atoms with Gasteiger partial charge in [0.1, 0.15) is 0 Å². The molecule has 0 aliphatic heterocycles. The van der Waals surface area contributed by atoms with E-state index in [1.54, 1.807) is 11.1 Å². The molecule has 0 heterocycles. The van der Waals surface area contributed by atoms with Gasteiger partial charge < -0.3 is 0 Å². The van der Waals surface area contributed by atoms with Gasteiger partial charge in [-0.3, -0.25) is 0 Å². The van der Waals surface area contributed by atoms with Gasteiger partial charge in [-0.15, -0.1) is 0 Å². The van der Waals surface area contributed by atoms with Gasteiger partial charge in [-0.25, -0.2) is 0 Å². The van der Waals surface area contributed by atoms with Gasteiger partial charge in [0.2, 0.25) is 0 Å². The number of rotatable bonds is 0. The lowest BCUT2D eigenvalue weighted by Gasteiger charge is -2.05. The molecule has 68 valence electrons. The van der Waals surface area contributed by atoms with Crippen LogP contribution in [0.1, 0.15) is 23.0 Å². The van der Waals surface area contributed by atoms with Crippen LogP contribution in [0.2, 0.25) is 0 Å². The number of benzene rings is 2. The predicted octanol–water partition coefficient (Wildman–Crippen LogP) is 3.80. The van der Waals surface area contributed by atoms with E-state index in [0.717, 1.165) is 11.8 Å². The number of fused-ring (bicyclic) bond motifs is 3. The van der Waals surface area contributed by atoms with E-state index in [9.17, 15) is 0 Å². The van der Waals surface area contributed by atoms with Gasteiger partial charge in [0, 0.05) is 16.7 Å². The highest BCUT2D eigenvalue weighted by atomic mass is 79.9. The molecule has 4 rings (SSSR count). The molecule has 1 saturated carbocycles. The van der Waals surface area contributed by atoms with Gasteiger partial charge in [-0.2, -0.15) is 0 Å². The van der Waals surface area contributed by atoms with Gasteiger partial charge in [0.25, 0.3) is 0 Å². The third-order valence-corrected chi connectivity index (χ3v) is 4.76. The summed E-state index contributed by atoms with van der Waals surface area (Å²) in [5.41, 5.74) is 3.12. The Morgan fingerprint density at radius 1 is 0.857 bits per heavy atom. The largest absolute Gasteiger partial charge is 0.0877 e. The maximum absolute atomic E-state index is 3.76. The maximum atomic E-state index is 3.76. The number of hydrogen-bond acceptors (Lipinski definition) is 0. The highest BCUT2D eigenvalue weighted by Crippen LogP contribution is 2.66. The van der Waals surface area contributed by atoms with Crippen molar-refractivity contribution in [1.29, 1.82) is 0 Å². The first-order valence-electron chi connectivity index (χ1n) is 5.03. The average molecular weight is 245 g/mol. The number of hydrogen-bond donors (Lipinski definition) is 0. The molecule has 0 N–H and O–H groups in total. The smallest absolute Gasteiger partial charge is 0.0296 e. The quantitative estimate of drug-likeness (QED) is 0.619. The molecule has 1 heteroatoms. The second-order valence-electron chi connectivity index (χ2n) is 4.29. The predicted molar refractivity (Wildman–Crippen MR) is 62.1 cm³/mol. The molecule has 14 heavy (non-hydrogen) atoms. The molecule has 0 unspecified atom stereocenters. The van der Waals surface area contributed by atoms with Gasteiger partial charge in [-0.1, -0.05) is 52.3 Å². The fourth-order valence-electron chi connectivity index (χ4n) is 2.96. The van der Waals surface area contributed by atoms with Crippen molar-refractivity contribution in [3.63, 3.8) is 0 Å². The minimum absolute atomic E-state index is 0.697. The molecule has 0 amide bonds. The second-order valence-corrected chi connectivity index (χ2v) is 5.35. The lowest BCUT2D eigenvalue weighted by atomic mass is 10.0. The third kappa shape index (κ3) is 0.683. The summed E-state index contributed by atoms with van der Waals surface area (Å²) in [6.45, 7) is 0. The van der Waals surface area contributed by atoms with Crippen molar-refractivity contribution in [2.75, 3.05) is 0 Å². The molecule has 1 fully saturated rings. The van der Waals surface area contributed by atoms with Crippen molar-refractivity contribution in [1.82, 2.24) is 0 Å². The maximum Gasteiger partial charge on any atom is 0.0296 e. The Labute approximate surface area is 91.1 Å². The van der Waals surface area contributed by atoms with Crippen LogP contribution < -0.4 is 0 Å². The molecular weight excluding hydrogens is 236 g/mol. The van der Waals surface area contributed by atoms with Crippen molar-refractivity contribution in [2.24, 2.45) is 0 Å². The molecule has 2 aromatic carbocycles. The summed E-state index contributed by atoms with van der Waals surface area (Å²) in [7, 11) is 0. The van der Waals surface area contributed by atoms with E-state index in [-0.39, 0.29) is 0 Å². The first kappa shape index (κ1) is 7.47. The van der Waals surface area contributed by atoms with Crippen molar-refractivity contribution in [2.45, 2.75) is 16.7 Å². The molecule has 0 aromatic heterocycles. The normalized spacial score (nSPS) is 31.9. The molecule has 2 atom stereocenters. The second kappa shape index (κ2) is 2.22. The SMILES string of the molecule is BrC1[C@@H]2c3cccc4cccc(c34)[C@@H]12. The van der Waals surface area contributed by atoms with Crippen LogP contribution in [0.25, 0.3) is 10.8 Å². The number of alkyl halides is 1. The molecule has 2 aliphatic carbocycles. The molecule has 0 saturated heterocycles. The lowest BCUT2D eigenvalue weighted by molar-refractivity contribution is 1.10. The molecular formula is C13H9Br. The summed E-state index contributed by atoms with van der Waals surface area (Å²) >= 11 is 3.76. The molecule has 2 aromatic rings. The first-order chi connectivity index (χ1) is 6.88. The lowest BCUT2D eigenvalue weighted by Crippen LogP contribution is -1.87. The Kier molecular flexibility index (Phi) is 1.18. The Hall–Kier alpha value is -0.820. The Morgan fingerprint density at radius 2 is 1.43 bits per heavy atom. The standard InChI is InChI=1S/C13H9Br/c14-13-11-8-5-1-3-7-4-2-6-9(10(7)8)12(11)13/h1-6,11-13H/t11-,12-/m1/s1. The minimum atomic E-state index is 0.697. The van der Waals surface area contributed by atoms with E-state index < -0.39 is 0 Å². The topological polar surface area (TPSA) is 0 Å². The van der Waals surface area contributed by atoms with Crippen molar-refractivity contribution < 1.29 is 0 Å². The summed E-state index contributed by atoms with van der Waals surface area (Å²) in [5.74, 6) is 1.52. The molecule has 0 nitrogen and oxygen atoms in total. The fraction of sp³-hybridized carbons (Fsp3) is 0.231. The van der Waals surface area contributed by atoms with E-state index >= 15 is 0 Å². The Bertz CT molecular complexity index is 499. The minimum Gasteiger partial charge on any atom is -0.0877 e. The van der Waals surface area contributed by atoms with E-state index in [1.165, 1.54) is 10.8 Å². The number of halogens is 1. The summed E-state index contributed by atoms with van der Waals surface area (Å²) in [4.78, 5) is 0.697. The van der Waals surface area contributed by atoms with Crippen LogP contribution in [-0.4, -0.2) is 4.83 Å². The van der Waals surface area contributed by atoms with Gasteiger partial charge >= 0.3 is 0 Å². The van der Waals surface area contributed by atoms with Crippen LogP contribution >= 0.6 is 15.9 Å². The first-order valence-corrected chi connectivity index (χ1v) is 5.95.